The number of thiazole rings is 1. The van der Waals surface area contributed by atoms with Gasteiger partial charge in [0, 0.05) is 17.6 Å². The summed E-state index contributed by atoms with van der Waals surface area (Å²) >= 11 is 1.34. The minimum atomic E-state index is -0.358. The van der Waals surface area contributed by atoms with E-state index < -0.39 is 0 Å². The molecule has 6 heteroatoms. The molecule has 3 aromatic rings. The van der Waals surface area contributed by atoms with Gasteiger partial charge in [-0.3, -0.25) is 10.1 Å². The van der Waals surface area contributed by atoms with E-state index >= 15 is 0 Å². The summed E-state index contributed by atoms with van der Waals surface area (Å²) < 4.78 is 10.9. The van der Waals surface area contributed by atoms with Crippen LogP contribution in [0.4, 0.5) is 5.13 Å². The number of amides is 1. The fraction of sp³-hybridized carbons (Fsp3) is 0.0667. The largest absolute Gasteiger partial charge is 0.426 e. The van der Waals surface area contributed by atoms with Crippen molar-refractivity contribution in [2.24, 2.45) is 0 Å². The lowest BCUT2D eigenvalue weighted by atomic mass is 10.2. The van der Waals surface area contributed by atoms with Gasteiger partial charge in [0.05, 0.1) is 0 Å². The van der Waals surface area contributed by atoms with Gasteiger partial charge in [-0.1, -0.05) is 17.7 Å². The lowest BCUT2D eigenvalue weighted by Gasteiger charge is -2.02. The second-order valence-electron chi connectivity index (χ2n) is 4.33. The van der Waals surface area contributed by atoms with Gasteiger partial charge < -0.3 is 9.15 Å². The van der Waals surface area contributed by atoms with Crippen LogP contribution in [0.5, 0.6) is 11.7 Å². The molecule has 0 aliphatic carbocycles. The molecular formula is C15H12N2O3S. The number of nitrogens with zero attached hydrogens (tertiary/aromatic N) is 1. The van der Waals surface area contributed by atoms with E-state index in [-0.39, 0.29) is 17.6 Å². The van der Waals surface area contributed by atoms with E-state index in [0.717, 1.165) is 5.56 Å². The van der Waals surface area contributed by atoms with Crippen molar-refractivity contribution in [2.75, 3.05) is 5.32 Å². The highest BCUT2D eigenvalue weighted by Gasteiger charge is 2.13. The zero-order valence-corrected chi connectivity index (χ0v) is 12.0. The van der Waals surface area contributed by atoms with Gasteiger partial charge in [0.1, 0.15) is 5.75 Å². The van der Waals surface area contributed by atoms with Gasteiger partial charge in [-0.2, -0.15) is 0 Å². The summed E-state index contributed by atoms with van der Waals surface area (Å²) in [6.07, 6.45) is 1.62. The third-order valence-corrected chi connectivity index (χ3v) is 3.39. The molecule has 0 spiro atoms. The lowest BCUT2D eigenvalue weighted by molar-refractivity contribution is 0.0992. The number of nitrogens with one attached hydrogen (secondary N) is 1. The predicted molar refractivity (Wildman–Crippen MR) is 80.0 cm³/mol. The van der Waals surface area contributed by atoms with Gasteiger partial charge in [-0.25, -0.2) is 4.98 Å². The summed E-state index contributed by atoms with van der Waals surface area (Å²) in [6.45, 7) is 2.00. The summed E-state index contributed by atoms with van der Waals surface area (Å²) in [6, 6.07) is 10.7. The van der Waals surface area contributed by atoms with Crippen molar-refractivity contribution in [3.63, 3.8) is 0 Å². The second-order valence-corrected chi connectivity index (χ2v) is 5.22. The monoisotopic (exact) mass is 300 g/mol. The molecule has 0 unspecified atom stereocenters. The molecule has 2 heterocycles. The summed E-state index contributed by atoms with van der Waals surface area (Å²) in [7, 11) is 0. The zero-order valence-electron chi connectivity index (χ0n) is 11.2. The lowest BCUT2D eigenvalue weighted by Crippen LogP contribution is -2.10. The number of benzene rings is 1. The van der Waals surface area contributed by atoms with E-state index in [9.17, 15) is 4.79 Å². The number of carbonyl (C=O) groups is 1. The van der Waals surface area contributed by atoms with Crippen LogP contribution in [-0.4, -0.2) is 10.9 Å². The molecule has 0 aliphatic heterocycles. The summed E-state index contributed by atoms with van der Waals surface area (Å²) in [5, 5.41) is 4.95. The first kappa shape index (κ1) is 13.4. The Morgan fingerprint density at radius 1 is 1.24 bits per heavy atom. The summed E-state index contributed by atoms with van der Waals surface area (Å²) in [5.41, 5.74) is 1.14. The first-order valence-electron chi connectivity index (χ1n) is 6.26. The quantitative estimate of drug-likeness (QED) is 0.788. The van der Waals surface area contributed by atoms with Gasteiger partial charge in [-0.05, 0) is 25.1 Å². The number of aromatic nitrogens is 1. The van der Waals surface area contributed by atoms with Crippen LogP contribution < -0.4 is 10.1 Å². The first-order chi connectivity index (χ1) is 10.2. The van der Waals surface area contributed by atoms with Crippen molar-refractivity contribution < 1.29 is 13.9 Å². The second kappa shape index (κ2) is 5.80. The van der Waals surface area contributed by atoms with Crippen molar-refractivity contribution in [2.45, 2.75) is 6.92 Å². The molecule has 5 nitrogen and oxygen atoms in total. The molecule has 0 aliphatic rings. The number of ether oxygens (including phenoxy) is 1. The van der Waals surface area contributed by atoms with Gasteiger partial charge in [-0.15, -0.1) is 11.3 Å². The predicted octanol–water partition coefficient (Wildman–Crippen LogP) is 4.09. The Morgan fingerprint density at radius 2 is 2.05 bits per heavy atom. The van der Waals surface area contributed by atoms with E-state index in [0.29, 0.717) is 10.9 Å². The molecule has 2 aromatic heterocycles. The van der Waals surface area contributed by atoms with Crippen LogP contribution in [0.25, 0.3) is 0 Å². The maximum atomic E-state index is 11.9. The highest BCUT2D eigenvalue weighted by molar-refractivity contribution is 7.13. The summed E-state index contributed by atoms with van der Waals surface area (Å²) in [5.74, 6) is 0.737. The van der Waals surface area contributed by atoms with Gasteiger partial charge >= 0.3 is 0 Å². The molecule has 21 heavy (non-hydrogen) atoms. The summed E-state index contributed by atoms with van der Waals surface area (Å²) in [4.78, 5) is 15.9. The minimum Gasteiger partial charge on any atom is -0.426 e. The van der Waals surface area contributed by atoms with Crippen LogP contribution in [0.1, 0.15) is 16.1 Å². The normalized spacial score (nSPS) is 10.3. The molecule has 0 bridgehead atoms. The Balaban J connectivity index is 1.68. The van der Waals surface area contributed by atoms with Gasteiger partial charge in [0.25, 0.3) is 11.9 Å². The Hall–Kier alpha value is -2.60. The number of furan rings is 1. The highest BCUT2D eigenvalue weighted by Crippen LogP contribution is 2.24. The highest BCUT2D eigenvalue weighted by atomic mass is 32.1. The zero-order chi connectivity index (χ0) is 14.7. The van der Waals surface area contributed by atoms with Gasteiger partial charge in [0.2, 0.25) is 0 Å². The number of hydrogen-bond acceptors (Lipinski definition) is 5. The minimum absolute atomic E-state index is 0.173. The number of carbonyl (C=O) groups excluding carboxylic acids is 1. The van der Waals surface area contributed by atoms with Crippen LogP contribution in [0, 0.1) is 6.92 Å². The van der Waals surface area contributed by atoms with Crippen molar-refractivity contribution in [3.8, 4) is 11.7 Å². The molecule has 0 saturated heterocycles. The van der Waals surface area contributed by atoms with Crippen molar-refractivity contribution in [1.29, 1.82) is 0 Å². The smallest absolute Gasteiger partial charge is 0.293 e. The molecule has 0 fully saturated rings. The third kappa shape index (κ3) is 3.29. The number of anilines is 1. The van der Waals surface area contributed by atoms with Crippen molar-refractivity contribution in [3.05, 3.63) is 59.3 Å². The molecule has 1 amide bonds. The topological polar surface area (TPSA) is 64.4 Å². The van der Waals surface area contributed by atoms with Crippen molar-refractivity contribution in [1.82, 2.24) is 4.98 Å². The van der Waals surface area contributed by atoms with Crippen LogP contribution in [0.2, 0.25) is 0 Å². The number of hydrogen-bond donors (Lipinski definition) is 1. The van der Waals surface area contributed by atoms with Crippen LogP contribution in [0.3, 0.4) is 0 Å². The van der Waals surface area contributed by atoms with Gasteiger partial charge in [0.15, 0.2) is 10.9 Å². The van der Waals surface area contributed by atoms with E-state index in [1.807, 2.05) is 31.2 Å². The molecule has 0 atom stereocenters. The van der Waals surface area contributed by atoms with E-state index in [1.54, 1.807) is 23.7 Å². The molecule has 0 radical (unpaired) electrons. The van der Waals surface area contributed by atoms with Crippen molar-refractivity contribution >= 4 is 22.4 Å². The van der Waals surface area contributed by atoms with E-state index in [2.05, 4.69) is 10.3 Å². The van der Waals surface area contributed by atoms with Crippen LogP contribution >= 0.6 is 11.3 Å². The molecule has 1 aromatic carbocycles. The van der Waals surface area contributed by atoms with E-state index in [1.165, 1.54) is 11.3 Å². The number of aryl methyl sites for hydroxylation is 1. The molecule has 106 valence electrons. The maximum absolute atomic E-state index is 11.9. The Kier molecular flexibility index (Phi) is 3.70. The van der Waals surface area contributed by atoms with E-state index in [4.69, 9.17) is 9.15 Å². The fourth-order valence-electron chi connectivity index (χ4n) is 1.66. The molecule has 0 saturated carbocycles. The van der Waals surface area contributed by atoms with Crippen LogP contribution in [-0.2, 0) is 0 Å². The average Bonchev–Trinajstić information content (AvgIpc) is 3.13. The van der Waals surface area contributed by atoms with Crippen LogP contribution in [0.15, 0.2) is 52.4 Å². The maximum Gasteiger partial charge on any atom is 0.293 e. The molecule has 1 N–H and O–H groups in total. The third-order valence-electron chi connectivity index (χ3n) is 2.70. The Morgan fingerprint density at radius 3 is 2.76 bits per heavy atom. The molecular weight excluding hydrogens is 288 g/mol. The average molecular weight is 300 g/mol. The standard InChI is InChI=1S/C15H12N2O3S/c1-10-2-4-11(5-3-10)19-13-7-6-12(20-13)14(18)17-15-16-8-9-21-15/h2-9H,1H3,(H,16,17,18). The molecule has 3 rings (SSSR count). The Labute approximate surface area is 125 Å². The first-order valence-corrected chi connectivity index (χ1v) is 7.14. The SMILES string of the molecule is Cc1ccc(Oc2ccc(C(=O)Nc3nccs3)o2)cc1. The Bertz CT molecular complexity index is 733. The number of rotatable bonds is 4. The fourth-order valence-corrected chi connectivity index (χ4v) is 2.19.